The molecule has 1 aromatic heterocycles. The van der Waals surface area contributed by atoms with Gasteiger partial charge in [-0.1, -0.05) is 18.3 Å². The molecule has 0 aliphatic heterocycles. The van der Waals surface area contributed by atoms with Crippen LogP contribution in [-0.4, -0.2) is 16.5 Å². The zero-order valence-electron chi connectivity index (χ0n) is 9.95. The van der Waals surface area contributed by atoms with Crippen molar-refractivity contribution in [2.45, 2.75) is 46.2 Å². The molecule has 0 aliphatic rings. The van der Waals surface area contributed by atoms with E-state index in [0.717, 1.165) is 12.1 Å². The molecule has 1 rings (SSSR count). The number of nitrogens with zero attached hydrogens (tertiary/aromatic N) is 1. The van der Waals surface area contributed by atoms with E-state index in [-0.39, 0.29) is 16.8 Å². The normalized spacial score (nSPS) is 12.4. The molecule has 1 atom stereocenters. The van der Waals surface area contributed by atoms with E-state index in [1.54, 1.807) is 4.57 Å². The summed E-state index contributed by atoms with van der Waals surface area (Å²) < 4.78 is 1.64. The Bertz CT molecular complexity index is 408. The SMILES string of the molecule is CCC(C)NC(=O)CCn1c(C)csc1=O. The Morgan fingerprint density at radius 3 is 2.81 bits per heavy atom. The summed E-state index contributed by atoms with van der Waals surface area (Å²) in [7, 11) is 0. The molecular weight excluding hydrogens is 224 g/mol. The molecule has 0 fully saturated rings. The molecule has 4 nitrogen and oxygen atoms in total. The number of thiazole rings is 1. The molecule has 1 aromatic rings. The van der Waals surface area contributed by atoms with Crippen LogP contribution >= 0.6 is 11.3 Å². The largest absolute Gasteiger partial charge is 0.354 e. The minimum atomic E-state index is 0.00634. The van der Waals surface area contributed by atoms with E-state index in [1.165, 1.54) is 11.3 Å². The van der Waals surface area contributed by atoms with Crippen molar-refractivity contribution in [2.75, 3.05) is 0 Å². The summed E-state index contributed by atoms with van der Waals surface area (Å²) in [5.74, 6) is 0.00634. The van der Waals surface area contributed by atoms with Gasteiger partial charge in [-0.25, -0.2) is 0 Å². The van der Waals surface area contributed by atoms with Crippen LogP contribution in [-0.2, 0) is 11.3 Å². The van der Waals surface area contributed by atoms with Gasteiger partial charge in [0.25, 0.3) is 0 Å². The second-order valence-electron chi connectivity index (χ2n) is 3.92. The monoisotopic (exact) mass is 242 g/mol. The topological polar surface area (TPSA) is 51.1 Å². The maximum atomic E-state index is 11.5. The number of aromatic nitrogens is 1. The highest BCUT2D eigenvalue weighted by atomic mass is 32.1. The average Bonchev–Trinajstić information content (AvgIpc) is 2.56. The first-order chi connectivity index (χ1) is 7.54. The fourth-order valence-electron chi connectivity index (χ4n) is 1.34. The number of hydrogen-bond acceptors (Lipinski definition) is 3. The van der Waals surface area contributed by atoms with E-state index in [0.29, 0.717) is 13.0 Å². The van der Waals surface area contributed by atoms with Crippen LogP contribution in [0.5, 0.6) is 0 Å². The molecule has 0 aromatic carbocycles. The van der Waals surface area contributed by atoms with Crippen molar-refractivity contribution in [1.29, 1.82) is 0 Å². The number of carbonyl (C=O) groups is 1. The van der Waals surface area contributed by atoms with Gasteiger partial charge in [-0.05, 0) is 20.3 Å². The molecule has 1 N–H and O–H groups in total. The number of rotatable bonds is 5. The van der Waals surface area contributed by atoms with Crippen LogP contribution in [0.2, 0.25) is 0 Å². The Labute approximate surface area is 99.3 Å². The summed E-state index contributed by atoms with van der Waals surface area (Å²) in [4.78, 5) is 22.9. The third-order valence-electron chi connectivity index (χ3n) is 2.56. The number of carbonyl (C=O) groups excluding carboxylic acids is 1. The van der Waals surface area contributed by atoms with E-state index < -0.39 is 0 Å². The summed E-state index contributed by atoms with van der Waals surface area (Å²) >= 11 is 1.18. The van der Waals surface area contributed by atoms with E-state index in [4.69, 9.17) is 0 Å². The average molecular weight is 242 g/mol. The molecule has 0 spiro atoms. The van der Waals surface area contributed by atoms with Gasteiger partial charge >= 0.3 is 4.87 Å². The molecule has 90 valence electrons. The molecule has 1 unspecified atom stereocenters. The van der Waals surface area contributed by atoms with Gasteiger partial charge in [0.15, 0.2) is 0 Å². The molecule has 1 amide bonds. The number of hydrogen-bond donors (Lipinski definition) is 1. The highest BCUT2D eigenvalue weighted by Gasteiger charge is 2.08. The Kier molecular flexibility index (Phi) is 4.73. The summed E-state index contributed by atoms with van der Waals surface area (Å²) in [6.45, 7) is 6.35. The fourth-order valence-corrected chi connectivity index (χ4v) is 2.10. The molecule has 0 saturated heterocycles. The van der Waals surface area contributed by atoms with Crippen molar-refractivity contribution in [3.05, 3.63) is 20.7 Å². The van der Waals surface area contributed by atoms with Gasteiger partial charge < -0.3 is 9.88 Å². The van der Waals surface area contributed by atoms with E-state index >= 15 is 0 Å². The first-order valence-electron chi connectivity index (χ1n) is 5.49. The predicted octanol–water partition coefficient (Wildman–Crippen LogP) is 1.52. The lowest BCUT2D eigenvalue weighted by atomic mass is 10.2. The third-order valence-corrected chi connectivity index (χ3v) is 3.44. The summed E-state index contributed by atoms with van der Waals surface area (Å²) in [5.41, 5.74) is 0.923. The lowest BCUT2D eigenvalue weighted by Gasteiger charge is -2.11. The second kappa shape index (κ2) is 5.84. The van der Waals surface area contributed by atoms with Crippen molar-refractivity contribution in [3.8, 4) is 0 Å². The Morgan fingerprint density at radius 2 is 2.31 bits per heavy atom. The maximum absolute atomic E-state index is 11.5. The number of aryl methyl sites for hydroxylation is 1. The van der Waals surface area contributed by atoms with Gasteiger partial charge in [0.2, 0.25) is 5.91 Å². The minimum Gasteiger partial charge on any atom is -0.354 e. The molecule has 0 bridgehead atoms. The predicted molar refractivity (Wildman–Crippen MR) is 65.8 cm³/mol. The van der Waals surface area contributed by atoms with Crippen molar-refractivity contribution < 1.29 is 4.79 Å². The number of amides is 1. The molecule has 0 aliphatic carbocycles. The molecule has 0 radical (unpaired) electrons. The quantitative estimate of drug-likeness (QED) is 0.851. The summed E-state index contributed by atoms with van der Waals surface area (Å²) in [5, 5.41) is 4.69. The highest BCUT2D eigenvalue weighted by Crippen LogP contribution is 2.01. The molecule has 5 heteroatoms. The van der Waals surface area contributed by atoms with E-state index in [9.17, 15) is 9.59 Å². The summed E-state index contributed by atoms with van der Waals surface area (Å²) in [6, 6.07) is 0.202. The molecular formula is C11H18N2O2S. The molecule has 16 heavy (non-hydrogen) atoms. The van der Waals surface area contributed by atoms with E-state index in [1.807, 2.05) is 26.2 Å². The van der Waals surface area contributed by atoms with Crippen molar-refractivity contribution in [3.63, 3.8) is 0 Å². The minimum absolute atomic E-state index is 0.00634. The standard InChI is InChI=1S/C11H18N2O2S/c1-4-8(2)12-10(14)5-6-13-9(3)7-16-11(13)15/h7-8H,4-6H2,1-3H3,(H,12,14). The van der Waals surface area contributed by atoms with Gasteiger partial charge in [0.05, 0.1) is 0 Å². The van der Waals surface area contributed by atoms with Gasteiger partial charge in [0.1, 0.15) is 0 Å². The lowest BCUT2D eigenvalue weighted by molar-refractivity contribution is -0.121. The third kappa shape index (κ3) is 3.48. The van der Waals surface area contributed by atoms with Crippen molar-refractivity contribution >= 4 is 17.2 Å². The zero-order valence-corrected chi connectivity index (χ0v) is 10.8. The number of nitrogens with one attached hydrogen (secondary N) is 1. The highest BCUT2D eigenvalue weighted by molar-refractivity contribution is 7.07. The maximum Gasteiger partial charge on any atom is 0.307 e. The van der Waals surface area contributed by atoms with Crippen LogP contribution in [0, 0.1) is 6.92 Å². The van der Waals surface area contributed by atoms with Crippen LogP contribution in [0.4, 0.5) is 0 Å². The van der Waals surface area contributed by atoms with Gasteiger partial charge in [-0.15, -0.1) is 0 Å². The second-order valence-corrected chi connectivity index (χ2v) is 4.74. The van der Waals surface area contributed by atoms with Crippen LogP contribution in [0.15, 0.2) is 10.2 Å². The van der Waals surface area contributed by atoms with Crippen LogP contribution < -0.4 is 10.2 Å². The van der Waals surface area contributed by atoms with Gasteiger partial charge in [-0.2, -0.15) is 0 Å². The van der Waals surface area contributed by atoms with Crippen molar-refractivity contribution in [1.82, 2.24) is 9.88 Å². The first kappa shape index (κ1) is 13.0. The van der Waals surface area contributed by atoms with E-state index in [2.05, 4.69) is 5.32 Å². The summed E-state index contributed by atoms with van der Waals surface area (Å²) in [6.07, 6.45) is 1.28. The first-order valence-corrected chi connectivity index (χ1v) is 6.36. The van der Waals surface area contributed by atoms with Gasteiger partial charge in [-0.3, -0.25) is 9.59 Å². The van der Waals surface area contributed by atoms with Crippen LogP contribution in [0.25, 0.3) is 0 Å². The Hall–Kier alpha value is -1.10. The van der Waals surface area contributed by atoms with Crippen LogP contribution in [0.1, 0.15) is 32.4 Å². The fraction of sp³-hybridized carbons (Fsp3) is 0.636. The van der Waals surface area contributed by atoms with Crippen LogP contribution in [0.3, 0.4) is 0 Å². The zero-order chi connectivity index (χ0) is 12.1. The lowest BCUT2D eigenvalue weighted by Crippen LogP contribution is -2.33. The molecule has 0 saturated carbocycles. The van der Waals surface area contributed by atoms with Gasteiger partial charge in [0, 0.05) is 30.1 Å². The smallest absolute Gasteiger partial charge is 0.307 e. The molecule has 1 heterocycles. The van der Waals surface area contributed by atoms with Crippen molar-refractivity contribution in [2.24, 2.45) is 0 Å². The Balaban J connectivity index is 2.46. The Morgan fingerprint density at radius 1 is 1.62 bits per heavy atom.